The molecule has 0 saturated heterocycles. The number of rotatable bonds is 8. The molecular weight excluding hydrogens is 212 g/mol. The Hall–Kier alpha value is -0.570. The van der Waals surface area contributed by atoms with Crippen LogP contribution >= 0.6 is 0 Å². The summed E-state index contributed by atoms with van der Waals surface area (Å²) in [6.07, 6.45) is 0. The Labute approximate surface area is 107 Å². The maximum absolute atomic E-state index is 12.2. The molecule has 0 aromatic rings. The van der Waals surface area contributed by atoms with E-state index in [0.717, 1.165) is 26.2 Å². The van der Waals surface area contributed by atoms with Crippen molar-refractivity contribution in [2.75, 3.05) is 32.7 Å². The lowest BCUT2D eigenvalue weighted by molar-refractivity contribution is -0.133. The van der Waals surface area contributed by atoms with Gasteiger partial charge in [0.1, 0.15) is 0 Å². The van der Waals surface area contributed by atoms with Crippen molar-refractivity contribution in [1.29, 1.82) is 0 Å². The fourth-order valence-corrected chi connectivity index (χ4v) is 1.90. The van der Waals surface area contributed by atoms with E-state index in [1.165, 1.54) is 0 Å². The molecule has 0 unspecified atom stereocenters. The normalized spacial score (nSPS) is 11.6. The van der Waals surface area contributed by atoms with E-state index >= 15 is 0 Å². The zero-order valence-corrected chi connectivity index (χ0v) is 12.5. The van der Waals surface area contributed by atoms with Crippen LogP contribution < -0.4 is 0 Å². The molecule has 0 aromatic carbocycles. The Morgan fingerprint density at radius 3 is 1.65 bits per heavy atom. The van der Waals surface area contributed by atoms with E-state index in [1.807, 2.05) is 4.90 Å². The number of amides is 1. The van der Waals surface area contributed by atoms with Crippen LogP contribution in [0.15, 0.2) is 0 Å². The van der Waals surface area contributed by atoms with E-state index in [-0.39, 0.29) is 5.91 Å². The molecule has 0 N–H and O–H groups in total. The topological polar surface area (TPSA) is 23.6 Å². The SMILES string of the molecule is CCN(CC)CC(=O)N(CC(C)C)CC(C)C. The van der Waals surface area contributed by atoms with Gasteiger partial charge in [-0.15, -0.1) is 0 Å². The second-order valence-corrected chi connectivity index (χ2v) is 5.55. The van der Waals surface area contributed by atoms with E-state index in [0.29, 0.717) is 18.4 Å². The predicted molar refractivity (Wildman–Crippen MR) is 74.0 cm³/mol. The van der Waals surface area contributed by atoms with Crippen LogP contribution in [-0.4, -0.2) is 48.4 Å². The van der Waals surface area contributed by atoms with Crippen LogP contribution in [0.2, 0.25) is 0 Å². The average molecular weight is 242 g/mol. The molecule has 0 aliphatic carbocycles. The summed E-state index contributed by atoms with van der Waals surface area (Å²) < 4.78 is 0. The van der Waals surface area contributed by atoms with Crippen LogP contribution in [0.1, 0.15) is 41.5 Å². The lowest BCUT2D eigenvalue weighted by Gasteiger charge is -2.29. The van der Waals surface area contributed by atoms with Gasteiger partial charge in [-0.05, 0) is 24.9 Å². The Kier molecular flexibility index (Phi) is 8.23. The van der Waals surface area contributed by atoms with Gasteiger partial charge < -0.3 is 4.90 Å². The molecule has 0 saturated carbocycles. The molecule has 102 valence electrons. The fourth-order valence-electron chi connectivity index (χ4n) is 1.90. The third-order valence-corrected chi connectivity index (χ3v) is 2.78. The highest BCUT2D eigenvalue weighted by molar-refractivity contribution is 5.78. The van der Waals surface area contributed by atoms with E-state index in [1.54, 1.807) is 0 Å². The second kappa shape index (κ2) is 8.51. The van der Waals surface area contributed by atoms with Crippen molar-refractivity contribution in [2.45, 2.75) is 41.5 Å². The van der Waals surface area contributed by atoms with Gasteiger partial charge in [0.05, 0.1) is 6.54 Å². The molecule has 3 nitrogen and oxygen atoms in total. The zero-order valence-electron chi connectivity index (χ0n) is 12.5. The Bertz CT molecular complexity index is 200. The van der Waals surface area contributed by atoms with Gasteiger partial charge in [0.2, 0.25) is 5.91 Å². The van der Waals surface area contributed by atoms with Crippen molar-refractivity contribution in [3.05, 3.63) is 0 Å². The summed E-state index contributed by atoms with van der Waals surface area (Å²) in [5.41, 5.74) is 0. The van der Waals surface area contributed by atoms with Crippen molar-refractivity contribution < 1.29 is 4.79 Å². The zero-order chi connectivity index (χ0) is 13.4. The molecule has 1 amide bonds. The van der Waals surface area contributed by atoms with Gasteiger partial charge in [-0.2, -0.15) is 0 Å². The number of carbonyl (C=O) groups excluding carboxylic acids is 1. The molecule has 0 bridgehead atoms. The van der Waals surface area contributed by atoms with E-state index in [4.69, 9.17) is 0 Å². The molecule has 0 fully saturated rings. The molecule has 0 aliphatic heterocycles. The number of hydrogen-bond acceptors (Lipinski definition) is 2. The van der Waals surface area contributed by atoms with E-state index < -0.39 is 0 Å². The summed E-state index contributed by atoms with van der Waals surface area (Å²) in [6.45, 7) is 17.1. The Morgan fingerprint density at radius 1 is 0.941 bits per heavy atom. The Balaban J connectivity index is 4.40. The molecule has 0 aliphatic rings. The minimum Gasteiger partial charge on any atom is -0.341 e. The van der Waals surface area contributed by atoms with Crippen LogP contribution in [0, 0.1) is 11.8 Å². The first kappa shape index (κ1) is 16.4. The first-order valence-corrected chi connectivity index (χ1v) is 6.90. The number of carbonyl (C=O) groups is 1. The van der Waals surface area contributed by atoms with Gasteiger partial charge in [-0.25, -0.2) is 0 Å². The third-order valence-electron chi connectivity index (χ3n) is 2.78. The highest BCUT2D eigenvalue weighted by Gasteiger charge is 2.17. The van der Waals surface area contributed by atoms with Gasteiger partial charge >= 0.3 is 0 Å². The maximum atomic E-state index is 12.2. The summed E-state index contributed by atoms with van der Waals surface area (Å²) in [4.78, 5) is 16.4. The quantitative estimate of drug-likeness (QED) is 0.653. The van der Waals surface area contributed by atoms with Gasteiger partial charge in [-0.1, -0.05) is 41.5 Å². The predicted octanol–water partition coefficient (Wildman–Crippen LogP) is 2.47. The molecule has 0 atom stereocenters. The minimum absolute atomic E-state index is 0.274. The van der Waals surface area contributed by atoms with Crippen LogP contribution in [0.4, 0.5) is 0 Å². The van der Waals surface area contributed by atoms with Crippen molar-refractivity contribution in [1.82, 2.24) is 9.80 Å². The standard InChI is InChI=1S/C14H30N2O/c1-7-15(8-2)11-14(17)16(9-12(3)4)10-13(5)6/h12-13H,7-11H2,1-6H3. The summed E-state index contributed by atoms with van der Waals surface area (Å²) in [5, 5.41) is 0. The highest BCUT2D eigenvalue weighted by atomic mass is 16.2. The molecule has 0 heterocycles. The molecule has 0 rings (SSSR count). The highest BCUT2D eigenvalue weighted by Crippen LogP contribution is 2.05. The molecule has 0 spiro atoms. The van der Waals surface area contributed by atoms with Gasteiger partial charge in [0.25, 0.3) is 0 Å². The number of likely N-dealkylation sites (N-methyl/N-ethyl adjacent to an activating group) is 1. The maximum Gasteiger partial charge on any atom is 0.236 e. The smallest absolute Gasteiger partial charge is 0.236 e. The van der Waals surface area contributed by atoms with Crippen LogP contribution in [-0.2, 0) is 4.79 Å². The Morgan fingerprint density at radius 2 is 1.35 bits per heavy atom. The number of hydrogen-bond donors (Lipinski definition) is 0. The third kappa shape index (κ3) is 7.37. The van der Waals surface area contributed by atoms with Gasteiger partial charge in [-0.3, -0.25) is 9.69 Å². The van der Waals surface area contributed by atoms with Crippen LogP contribution in [0.5, 0.6) is 0 Å². The fraction of sp³-hybridized carbons (Fsp3) is 0.929. The van der Waals surface area contributed by atoms with E-state index in [2.05, 4.69) is 46.4 Å². The monoisotopic (exact) mass is 242 g/mol. The lowest BCUT2D eigenvalue weighted by Crippen LogP contribution is -2.43. The van der Waals surface area contributed by atoms with Crippen LogP contribution in [0.3, 0.4) is 0 Å². The lowest BCUT2D eigenvalue weighted by atomic mass is 10.1. The first-order valence-electron chi connectivity index (χ1n) is 6.90. The number of nitrogens with zero attached hydrogens (tertiary/aromatic N) is 2. The molecular formula is C14H30N2O. The van der Waals surface area contributed by atoms with Crippen molar-refractivity contribution >= 4 is 5.91 Å². The molecule has 0 aromatic heterocycles. The summed E-state index contributed by atoms with van der Waals surface area (Å²) in [5.74, 6) is 1.35. The van der Waals surface area contributed by atoms with E-state index in [9.17, 15) is 4.79 Å². The minimum atomic E-state index is 0.274. The van der Waals surface area contributed by atoms with Crippen molar-refractivity contribution in [2.24, 2.45) is 11.8 Å². The largest absolute Gasteiger partial charge is 0.341 e. The molecule has 0 radical (unpaired) electrons. The second-order valence-electron chi connectivity index (χ2n) is 5.55. The van der Waals surface area contributed by atoms with Crippen molar-refractivity contribution in [3.63, 3.8) is 0 Å². The molecule has 17 heavy (non-hydrogen) atoms. The van der Waals surface area contributed by atoms with Crippen molar-refractivity contribution in [3.8, 4) is 0 Å². The van der Waals surface area contributed by atoms with Gasteiger partial charge in [0.15, 0.2) is 0 Å². The summed E-state index contributed by atoms with van der Waals surface area (Å²) in [6, 6.07) is 0. The summed E-state index contributed by atoms with van der Waals surface area (Å²) >= 11 is 0. The van der Waals surface area contributed by atoms with Crippen LogP contribution in [0.25, 0.3) is 0 Å². The first-order chi connectivity index (χ1) is 7.90. The summed E-state index contributed by atoms with van der Waals surface area (Å²) in [7, 11) is 0. The average Bonchev–Trinajstić information content (AvgIpc) is 2.23. The van der Waals surface area contributed by atoms with Gasteiger partial charge in [0, 0.05) is 13.1 Å². The molecule has 3 heteroatoms.